The number of hydrogen-bond acceptors (Lipinski definition) is 7. The highest BCUT2D eigenvalue weighted by molar-refractivity contribution is 7.90. The van der Waals surface area contributed by atoms with E-state index in [0.29, 0.717) is 6.54 Å². The second-order valence-electron chi connectivity index (χ2n) is 6.94. The Labute approximate surface area is 172 Å². The number of nitrogens with zero attached hydrogens (tertiary/aromatic N) is 3. The second-order valence-corrected chi connectivity index (χ2v) is 8.95. The highest BCUT2D eigenvalue weighted by Crippen LogP contribution is 2.31. The molecule has 154 valence electrons. The molecule has 1 fully saturated rings. The summed E-state index contributed by atoms with van der Waals surface area (Å²) in [7, 11) is -3.34. The molecular weight excluding hydrogens is 408 g/mol. The lowest BCUT2D eigenvalue weighted by Crippen LogP contribution is -2.24. The summed E-state index contributed by atoms with van der Waals surface area (Å²) < 4.78 is 28.6. The van der Waals surface area contributed by atoms with Crippen LogP contribution in [-0.4, -0.2) is 43.2 Å². The first-order valence-corrected chi connectivity index (χ1v) is 11.0. The maximum absolute atomic E-state index is 12.3. The van der Waals surface area contributed by atoms with Crippen LogP contribution >= 0.6 is 0 Å². The van der Waals surface area contributed by atoms with Gasteiger partial charge in [-0.25, -0.2) is 8.42 Å². The average Bonchev–Trinajstić information content (AvgIpc) is 3.34. The largest absolute Gasteiger partial charge is 0.407 e. The molecule has 1 N–H and O–H groups in total. The molecular formula is C20H18N4O5S. The Kier molecular flexibility index (Phi) is 5.08. The van der Waals surface area contributed by atoms with E-state index in [-0.39, 0.29) is 40.6 Å². The fourth-order valence-electron chi connectivity index (χ4n) is 3.20. The molecule has 10 heteroatoms. The van der Waals surface area contributed by atoms with E-state index in [2.05, 4.69) is 15.5 Å². The van der Waals surface area contributed by atoms with Crippen molar-refractivity contribution < 1.29 is 22.4 Å². The summed E-state index contributed by atoms with van der Waals surface area (Å²) in [6.07, 6.45) is 1.33. The number of aromatic nitrogens is 2. The van der Waals surface area contributed by atoms with Gasteiger partial charge in [-0.05, 0) is 36.4 Å². The van der Waals surface area contributed by atoms with Crippen molar-refractivity contribution in [2.45, 2.75) is 17.2 Å². The molecule has 30 heavy (non-hydrogen) atoms. The van der Waals surface area contributed by atoms with Gasteiger partial charge in [-0.3, -0.25) is 14.9 Å². The van der Waals surface area contributed by atoms with Crippen molar-refractivity contribution in [2.75, 3.05) is 23.0 Å². The Bertz CT molecular complexity index is 1190. The van der Waals surface area contributed by atoms with Crippen molar-refractivity contribution in [3.8, 4) is 0 Å². The molecule has 1 unspecified atom stereocenters. The molecule has 1 saturated heterocycles. The van der Waals surface area contributed by atoms with Crippen LogP contribution in [0.15, 0.2) is 63.9 Å². The molecule has 1 aliphatic rings. The molecule has 2 aromatic carbocycles. The highest BCUT2D eigenvalue weighted by Gasteiger charge is 2.35. The smallest absolute Gasteiger partial charge is 0.322 e. The number of anilines is 2. The Hall–Kier alpha value is -3.53. The van der Waals surface area contributed by atoms with Crippen molar-refractivity contribution in [3.05, 3.63) is 66.1 Å². The van der Waals surface area contributed by atoms with E-state index in [9.17, 15) is 18.0 Å². The molecule has 2 amide bonds. The third kappa shape index (κ3) is 4.08. The predicted octanol–water partition coefficient (Wildman–Crippen LogP) is 2.25. The lowest BCUT2D eigenvalue weighted by Gasteiger charge is -2.15. The quantitative estimate of drug-likeness (QED) is 0.664. The number of nitrogens with one attached hydrogen (secondary N) is 1. The molecule has 0 saturated carbocycles. The first-order valence-electron chi connectivity index (χ1n) is 9.11. The van der Waals surface area contributed by atoms with E-state index >= 15 is 0 Å². The third-order valence-corrected chi connectivity index (χ3v) is 5.88. The monoisotopic (exact) mass is 426 g/mol. The Morgan fingerprint density at radius 3 is 2.47 bits per heavy atom. The van der Waals surface area contributed by atoms with Gasteiger partial charge in [-0.2, -0.15) is 0 Å². The fraction of sp³-hybridized carbons (Fsp3) is 0.200. The standard InChI is InChI=1S/C20H18N4O5S/c1-30(27,28)16-9-7-13(8-10-16)18(26)21-20-23-22-19(29-20)14-11-17(25)24(12-14)15-5-3-2-4-6-15/h2-10,14H,11-12H2,1H3,(H,21,23,26). The maximum atomic E-state index is 12.3. The molecule has 0 spiro atoms. The van der Waals surface area contributed by atoms with Crippen molar-refractivity contribution in [2.24, 2.45) is 0 Å². The molecule has 1 aliphatic heterocycles. The molecule has 1 aromatic heterocycles. The first-order chi connectivity index (χ1) is 14.3. The fourth-order valence-corrected chi connectivity index (χ4v) is 3.83. The Balaban J connectivity index is 1.43. The number of hydrogen-bond donors (Lipinski definition) is 1. The van der Waals surface area contributed by atoms with E-state index < -0.39 is 15.7 Å². The van der Waals surface area contributed by atoms with Gasteiger partial charge in [0.25, 0.3) is 5.91 Å². The summed E-state index contributed by atoms with van der Waals surface area (Å²) in [5, 5.41) is 10.3. The minimum atomic E-state index is -3.34. The maximum Gasteiger partial charge on any atom is 0.322 e. The van der Waals surface area contributed by atoms with Gasteiger partial charge in [0.1, 0.15) is 0 Å². The zero-order valence-electron chi connectivity index (χ0n) is 16.0. The summed E-state index contributed by atoms with van der Waals surface area (Å²) >= 11 is 0. The number of carbonyl (C=O) groups excluding carboxylic acids is 2. The van der Waals surface area contributed by atoms with E-state index in [1.165, 1.54) is 24.3 Å². The van der Waals surface area contributed by atoms with E-state index in [1.54, 1.807) is 4.90 Å². The predicted molar refractivity (Wildman–Crippen MR) is 108 cm³/mol. The van der Waals surface area contributed by atoms with Gasteiger partial charge in [0.2, 0.25) is 11.8 Å². The van der Waals surface area contributed by atoms with Gasteiger partial charge < -0.3 is 9.32 Å². The molecule has 2 heterocycles. The number of rotatable bonds is 5. The number of amides is 2. The Morgan fingerprint density at radius 1 is 1.10 bits per heavy atom. The van der Waals surface area contributed by atoms with Crippen LogP contribution in [0.5, 0.6) is 0 Å². The van der Waals surface area contributed by atoms with Crippen LogP contribution in [0.25, 0.3) is 0 Å². The summed E-state index contributed by atoms with van der Waals surface area (Å²) in [5.74, 6) is -0.561. The minimum absolute atomic E-state index is 0.0408. The minimum Gasteiger partial charge on any atom is -0.407 e. The van der Waals surface area contributed by atoms with Crippen LogP contribution in [0.3, 0.4) is 0 Å². The molecule has 0 bridgehead atoms. The molecule has 3 aromatic rings. The van der Waals surface area contributed by atoms with Crippen molar-refractivity contribution in [1.82, 2.24) is 10.2 Å². The summed E-state index contributed by atoms with van der Waals surface area (Å²) in [5.41, 5.74) is 1.05. The van der Waals surface area contributed by atoms with E-state index in [4.69, 9.17) is 4.42 Å². The number of sulfone groups is 1. The number of para-hydroxylation sites is 1. The van der Waals surface area contributed by atoms with Gasteiger partial charge >= 0.3 is 6.01 Å². The summed E-state index contributed by atoms with van der Waals surface area (Å²) in [6, 6.07) is 14.7. The number of carbonyl (C=O) groups is 2. The van der Waals surface area contributed by atoms with Crippen molar-refractivity contribution >= 4 is 33.4 Å². The third-order valence-electron chi connectivity index (χ3n) is 4.75. The van der Waals surface area contributed by atoms with Gasteiger partial charge in [0.15, 0.2) is 9.84 Å². The highest BCUT2D eigenvalue weighted by atomic mass is 32.2. The van der Waals surface area contributed by atoms with Gasteiger partial charge in [0.05, 0.1) is 10.8 Å². The zero-order chi connectivity index (χ0) is 21.3. The first kappa shape index (κ1) is 19.8. The van der Waals surface area contributed by atoms with E-state index in [1.807, 2.05) is 30.3 Å². The molecule has 4 rings (SSSR count). The molecule has 0 aliphatic carbocycles. The van der Waals surface area contributed by atoms with E-state index in [0.717, 1.165) is 11.9 Å². The molecule has 0 radical (unpaired) electrons. The normalized spacial score (nSPS) is 16.6. The van der Waals surface area contributed by atoms with Crippen molar-refractivity contribution in [1.29, 1.82) is 0 Å². The van der Waals surface area contributed by atoms with Gasteiger partial charge in [-0.15, -0.1) is 5.10 Å². The van der Waals surface area contributed by atoms with Crippen LogP contribution in [0, 0.1) is 0 Å². The van der Waals surface area contributed by atoms with Crippen LogP contribution < -0.4 is 10.2 Å². The molecule has 9 nitrogen and oxygen atoms in total. The Morgan fingerprint density at radius 2 is 1.80 bits per heavy atom. The lowest BCUT2D eigenvalue weighted by atomic mass is 10.1. The van der Waals surface area contributed by atoms with Crippen LogP contribution in [0.1, 0.15) is 28.6 Å². The van der Waals surface area contributed by atoms with Crippen molar-refractivity contribution in [3.63, 3.8) is 0 Å². The SMILES string of the molecule is CS(=O)(=O)c1ccc(C(=O)Nc2nnc(C3CC(=O)N(c4ccccc4)C3)o2)cc1. The lowest BCUT2D eigenvalue weighted by molar-refractivity contribution is -0.117. The van der Waals surface area contributed by atoms with Crippen LogP contribution in [0.4, 0.5) is 11.7 Å². The van der Waals surface area contributed by atoms with Crippen LogP contribution in [-0.2, 0) is 14.6 Å². The van der Waals surface area contributed by atoms with Gasteiger partial charge in [-0.1, -0.05) is 23.3 Å². The summed E-state index contributed by atoms with van der Waals surface area (Å²) in [6.45, 7) is 0.408. The molecule has 1 atom stereocenters. The van der Waals surface area contributed by atoms with Gasteiger partial charge in [0, 0.05) is 30.5 Å². The topological polar surface area (TPSA) is 122 Å². The van der Waals surface area contributed by atoms with Crippen LogP contribution in [0.2, 0.25) is 0 Å². The second kappa shape index (κ2) is 7.71. The zero-order valence-corrected chi connectivity index (χ0v) is 16.8. The number of benzene rings is 2. The summed E-state index contributed by atoms with van der Waals surface area (Å²) in [4.78, 5) is 26.5. The average molecular weight is 426 g/mol.